The van der Waals surface area contributed by atoms with Crippen LogP contribution in [-0.4, -0.2) is 53.0 Å². The first kappa shape index (κ1) is 18.1. The Bertz CT molecular complexity index is 791. The fraction of sp³-hybridized carbons (Fsp3) is 0.368. The SMILES string of the molecule is Cc1cc(C(C(=O)O)N2CCCN(C(=O)c3ccco3)CC2)ccc1F. The summed E-state index contributed by atoms with van der Waals surface area (Å²) in [5.74, 6) is -1.26. The van der Waals surface area contributed by atoms with Gasteiger partial charge in [0.2, 0.25) is 0 Å². The molecule has 2 heterocycles. The number of amides is 1. The summed E-state index contributed by atoms with van der Waals surface area (Å²) in [4.78, 5) is 27.8. The molecular formula is C19H21FN2O4. The molecule has 1 aliphatic rings. The number of hydrogen-bond acceptors (Lipinski definition) is 4. The van der Waals surface area contributed by atoms with Crippen LogP contribution in [0.5, 0.6) is 0 Å². The molecule has 1 aliphatic heterocycles. The lowest BCUT2D eigenvalue weighted by atomic mass is 10.0. The molecule has 0 spiro atoms. The van der Waals surface area contributed by atoms with E-state index in [9.17, 15) is 19.1 Å². The van der Waals surface area contributed by atoms with Crippen LogP contribution in [0, 0.1) is 12.7 Å². The van der Waals surface area contributed by atoms with Gasteiger partial charge in [-0.15, -0.1) is 0 Å². The number of rotatable bonds is 4. The molecule has 26 heavy (non-hydrogen) atoms. The number of carboxylic acid groups (broad SMARTS) is 1. The second-order valence-electron chi connectivity index (χ2n) is 6.41. The van der Waals surface area contributed by atoms with E-state index in [1.807, 2.05) is 4.90 Å². The molecule has 1 aromatic heterocycles. The average molecular weight is 360 g/mol. The third-order valence-electron chi connectivity index (χ3n) is 4.65. The van der Waals surface area contributed by atoms with Gasteiger partial charge in [0.25, 0.3) is 5.91 Å². The molecule has 1 amide bonds. The second kappa shape index (κ2) is 7.70. The minimum atomic E-state index is -0.984. The van der Waals surface area contributed by atoms with E-state index in [0.29, 0.717) is 43.7 Å². The molecule has 2 aromatic rings. The van der Waals surface area contributed by atoms with Crippen molar-refractivity contribution in [3.8, 4) is 0 Å². The molecule has 1 saturated heterocycles. The van der Waals surface area contributed by atoms with Crippen molar-refractivity contribution in [1.29, 1.82) is 0 Å². The predicted molar refractivity (Wildman–Crippen MR) is 92.3 cm³/mol. The molecule has 7 heteroatoms. The van der Waals surface area contributed by atoms with Crippen molar-refractivity contribution in [2.45, 2.75) is 19.4 Å². The van der Waals surface area contributed by atoms with Gasteiger partial charge in [-0.25, -0.2) is 4.39 Å². The summed E-state index contributed by atoms with van der Waals surface area (Å²) in [6.07, 6.45) is 2.10. The van der Waals surface area contributed by atoms with Gasteiger partial charge >= 0.3 is 5.97 Å². The Morgan fingerprint density at radius 1 is 1.19 bits per heavy atom. The maximum Gasteiger partial charge on any atom is 0.325 e. The zero-order valence-electron chi connectivity index (χ0n) is 14.5. The van der Waals surface area contributed by atoms with Crippen molar-refractivity contribution in [3.63, 3.8) is 0 Å². The number of nitrogens with zero attached hydrogens (tertiary/aromatic N) is 2. The number of benzene rings is 1. The number of hydrogen-bond donors (Lipinski definition) is 1. The molecule has 0 bridgehead atoms. The monoisotopic (exact) mass is 360 g/mol. The van der Waals surface area contributed by atoms with Crippen LogP contribution in [0.15, 0.2) is 41.0 Å². The van der Waals surface area contributed by atoms with Gasteiger partial charge in [0.1, 0.15) is 11.9 Å². The molecule has 0 aliphatic carbocycles. The van der Waals surface area contributed by atoms with Gasteiger partial charge < -0.3 is 14.4 Å². The van der Waals surface area contributed by atoms with Crippen molar-refractivity contribution in [1.82, 2.24) is 9.80 Å². The fourth-order valence-corrected chi connectivity index (χ4v) is 3.30. The third kappa shape index (κ3) is 3.77. The van der Waals surface area contributed by atoms with Gasteiger partial charge in [-0.1, -0.05) is 12.1 Å². The van der Waals surface area contributed by atoms with Crippen LogP contribution in [-0.2, 0) is 4.79 Å². The molecule has 1 unspecified atom stereocenters. The quantitative estimate of drug-likeness (QED) is 0.907. The molecule has 0 radical (unpaired) electrons. The van der Waals surface area contributed by atoms with Gasteiger partial charge in [-0.2, -0.15) is 0 Å². The van der Waals surface area contributed by atoms with Crippen molar-refractivity contribution < 1.29 is 23.5 Å². The van der Waals surface area contributed by atoms with Crippen LogP contribution in [0.25, 0.3) is 0 Å². The average Bonchev–Trinajstić information content (AvgIpc) is 3.04. The zero-order valence-corrected chi connectivity index (χ0v) is 14.5. The highest BCUT2D eigenvalue weighted by molar-refractivity contribution is 5.91. The highest BCUT2D eigenvalue weighted by Crippen LogP contribution is 2.25. The normalized spacial score (nSPS) is 16.9. The summed E-state index contributed by atoms with van der Waals surface area (Å²) in [6.45, 7) is 3.51. The molecule has 1 atom stereocenters. The van der Waals surface area contributed by atoms with Crippen LogP contribution in [0.2, 0.25) is 0 Å². The van der Waals surface area contributed by atoms with Crippen molar-refractivity contribution in [2.24, 2.45) is 0 Å². The lowest BCUT2D eigenvalue weighted by Crippen LogP contribution is -2.38. The van der Waals surface area contributed by atoms with Crippen LogP contribution >= 0.6 is 0 Å². The lowest BCUT2D eigenvalue weighted by Gasteiger charge is -2.28. The second-order valence-corrected chi connectivity index (χ2v) is 6.41. The summed E-state index contributed by atoms with van der Waals surface area (Å²) in [6, 6.07) is 6.79. The Balaban J connectivity index is 1.76. The van der Waals surface area contributed by atoms with Gasteiger partial charge in [-0.05, 0) is 42.7 Å². The molecule has 1 fully saturated rings. The molecule has 3 rings (SSSR count). The van der Waals surface area contributed by atoms with E-state index in [1.54, 1.807) is 30.0 Å². The maximum absolute atomic E-state index is 13.5. The number of carboxylic acids is 1. The molecule has 1 aromatic carbocycles. The number of furan rings is 1. The van der Waals surface area contributed by atoms with E-state index in [0.717, 1.165) is 0 Å². The smallest absolute Gasteiger partial charge is 0.325 e. The summed E-state index contributed by atoms with van der Waals surface area (Å²) < 4.78 is 18.7. The van der Waals surface area contributed by atoms with Gasteiger partial charge in [0.15, 0.2) is 5.76 Å². The number of halogens is 1. The van der Waals surface area contributed by atoms with Crippen molar-refractivity contribution in [2.75, 3.05) is 26.2 Å². The third-order valence-corrected chi connectivity index (χ3v) is 4.65. The van der Waals surface area contributed by atoms with Crippen LogP contribution < -0.4 is 0 Å². The Morgan fingerprint density at radius 2 is 2.00 bits per heavy atom. The van der Waals surface area contributed by atoms with E-state index < -0.39 is 12.0 Å². The van der Waals surface area contributed by atoms with Gasteiger partial charge in [-0.3, -0.25) is 14.5 Å². The summed E-state index contributed by atoms with van der Waals surface area (Å²) >= 11 is 0. The number of carbonyl (C=O) groups excluding carboxylic acids is 1. The number of carbonyl (C=O) groups is 2. The van der Waals surface area contributed by atoms with Crippen LogP contribution in [0.4, 0.5) is 4.39 Å². The van der Waals surface area contributed by atoms with Crippen LogP contribution in [0.1, 0.15) is 34.1 Å². The molecule has 138 valence electrons. The topological polar surface area (TPSA) is 74.0 Å². The van der Waals surface area contributed by atoms with E-state index in [4.69, 9.17) is 4.42 Å². The first-order chi connectivity index (χ1) is 12.5. The Morgan fingerprint density at radius 3 is 2.65 bits per heavy atom. The standard InChI is InChI=1S/C19H21FN2O4/c1-13-12-14(5-6-15(13)20)17(19(24)25)21-7-3-8-22(10-9-21)18(23)16-4-2-11-26-16/h2,4-6,11-12,17H,3,7-10H2,1H3,(H,24,25). The van der Waals surface area contributed by atoms with E-state index in [-0.39, 0.29) is 17.5 Å². The predicted octanol–water partition coefficient (Wildman–Crippen LogP) is 2.70. The van der Waals surface area contributed by atoms with E-state index in [2.05, 4.69) is 0 Å². The Labute approximate surface area is 150 Å². The maximum atomic E-state index is 13.5. The molecule has 6 nitrogen and oxygen atoms in total. The van der Waals surface area contributed by atoms with Crippen molar-refractivity contribution in [3.05, 3.63) is 59.3 Å². The van der Waals surface area contributed by atoms with Gasteiger partial charge in [0, 0.05) is 26.2 Å². The minimum Gasteiger partial charge on any atom is -0.480 e. The highest BCUT2D eigenvalue weighted by Gasteiger charge is 2.31. The zero-order chi connectivity index (χ0) is 18.7. The molecule has 1 N–H and O–H groups in total. The van der Waals surface area contributed by atoms with E-state index >= 15 is 0 Å². The van der Waals surface area contributed by atoms with Gasteiger partial charge in [0.05, 0.1) is 6.26 Å². The summed E-state index contributed by atoms with van der Waals surface area (Å²) in [7, 11) is 0. The molecular weight excluding hydrogens is 339 g/mol. The van der Waals surface area contributed by atoms with Crippen LogP contribution in [0.3, 0.4) is 0 Å². The first-order valence-corrected chi connectivity index (χ1v) is 8.53. The number of aliphatic carboxylic acids is 1. The van der Waals surface area contributed by atoms with Crippen molar-refractivity contribution >= 4 is 11.9 Å². The summed E-state index contributed by atoms with van der Waals surface area (Å²) in [5, 5.41) is 9.73. The molecule has 0 saturated carbocycles. The minimum absolute atomic E-state index is 0.193. The fourth-order valence-electron chi connectivity index (χ4n) is 3.30. The highest BCUT2D eigenvalue weighted by atomic mass is 19.1. The Kier molecular flexibility index (Phi) is 5.37. The summed E-state index contributed by atoms with van der Waals surface area (Å²) in [5.41, 5.74) is 0.959. The number of aryl methyl sites for hydroxylation is 1. The lowest BCUT2D eigenvalue weighted by molar-refractivity contribution is -0.143. The Hall–Kier alpha value is -2.67. The van der Waals surface area contributed by atoms with E-state index in [1.165, 1.54) is 18.4 Å². The largest absolute Gasteiger partial charge is 0.480 e. The first-order valence-electron chi connectivity index (χ1n) is 8.53.